The van der Waals surface area contributed by atoms with Gasteiger partial charge in [0.15, 0.2) is 0 Å². The zero-order valence-corrected chi connectivity index (χ0v) is 10.9. The Balaban J connectivity index is 1.90. The van der Waals surface area contributed by atoms with E-state index in [-0.39, 0.29) is 0 Å². The van der Waals surface area contributed by atoms with Crippen LogP contribution in [0.1, 0.15) is 62.6 Å². The molecule has 0 amide bonds. The Hall–Kier alpha value is -0.990. The summed E-state index contributed by atoms with van der Waals surface area (Å²) in [6, 6.07) is 0. The average molecular weight is 234 g/mol. The molecule has 3 rings (SSSR count). The molecule has 0 unspecified atom stereocenters. The van der Waals surface area contributed by atoms with Gasteiger partial charge in [-0.25, -0.2) is 4.68 Å². The van der Waals surface area contributed by atoms with Crippen molar-refractivity contribution >= 4 is 0 Å². The first kappa shape index (κ1) is 11.1. The lowest BCUT2D eigenvalue weighted by Crippen LogP contribution is -2.23. The number of hydrogen-bond donors (Lipinski definition) is 0. The molecule has 1 aliphatic carbocycles. The van der Waals surface area contributed by atoms with Gasteiger partial charge in [-0.1, -0.05) is 19.3 Å². The van der Waals surface area contributed by atoms with Crippen molar-refractivity contribution in [3.63, 3.8) is 0 Å². The molecule has 3 nitrogen and oxygen atoms in total. The van der Waals surface area contributed by atoms with Crippen molar-refractivity contribution in [3.8, 4) is 5.88 Å². The summed E-state index contributed by atoms with van der Waals surface area (Å²) in [5.41, 5.74) is 2.61. The molecule has 2 heterocycles. The molecule has 0 saturated heterocycles. The third kappa shape index (κ3) is 1.96. The molecule has 0 N–H and O–H groups in total. The highest BCUT2D eigenvalue weighted by Gasteiger charge is 2.27. The maximum atomic E-state index is 5.93. The van der Waals surface area contributed by atoms with Crippen LogP contribution < -0.4 is 4.74 Å². The summed E-state index contributed by atoms with van der Waals surface area (Å²) in [6.45, 7) is 5.35. The second-order valence-corrected chi connectivity index (χ2v) is 5.59. The fraction of sp³-hybridized carbons (Fsp3) is 0.786. The van der Waals surface area contributed by atoms with Crippen molar-refractivity contribution in [1.29, 1.82) is 0 Å². The predicted octanol–water partition coefficient (Wildman–Crippen LogP) is 3.41. The summed E-state index contributed by atoms with van der Waals surface area (Å²) < 4.78 is 8.02. The molecule has 94 valence electrons. The average Bonchev–Trinajstić information content (AvgIpc) is 2.68. The molecule has 1 aromatic heterocycles. The highest BCUT2D eigenvalue weighted by atomic mass is 16.5. The Morgan fingerprint density at radius 1 is 1.18 bits per heavy atom. The standard InChI is InChI=1S/C14H22N2O/c1-10-8-9-16-14(17-10)11(2)13(15-16)12-6-4-3-5-7-12/h10,12H,3-9H2,1-2H3/t10-/m1/s1. The van der Waals surface area contributed by atoms with Gasteiger partial charge in [-0.05, 0) is 26.7 Å². The maximum absolute atomic E-state index is 5.93. The highest BCUT2D eigenvalue weighted by molar-refractivity contribution is 5.33. The second-order valence-electron chi connectivity index (χ2n) is 5.59. The maximum Gasteiger partial charge on any atom is 0.215 e. The summed E-state index contributed by atoms with van der Waals surface area (Å²) in [7, 11) is 0. The van der Waals surface area contributed by atoms with Crippen LogP contribution in [0.25, 0.3) is 0 Å². The van der Waals surface area contributed by atoms with E-state index in [0.717, 1.165) is 18.8 Å². The van der Waals surface area contributed by atoms with E-state index in [4.69, 9.17) is 9.84 Å². The van der Waals surface area contributed by atoms with Crippen LogP contribution in [0.2, 0.25) is 0 Å². The zero-order valence-electron chi connectivity index (χ0n) is 10.9. The van der Waals surface area contributed by atoms with Crippen molar-refractivity contribution in [1.82, 2.24) is 9.78 Å². The minimum absolute atomic E-state index is 0.345. The van der Waals surface area contributed by atoms with E-state index < -0.39 is 0 Å². The Kier molecular flexibility index (Phi) is 2.85. The smallest absolute Gasteiger partial charge is 0.215 e. The second kappa shape index (κ2) is 4.35. The Morgan fingerprint density at radius 2 is 1.94 bits per heavy atom. The topological polar surface area (TPSA) is 27.1 Å². The van der Waals surface area contributed by atoms with Crippen LogP contribution in [0.4, 0.5) is 0 Å². The van der Waals surface area contributed by atoms with E-state index in [9.17, 15) is 0 Å². The van der Waals surface area contributed by atoms with Crippen molar-refractivity contribution in [3.05, 3.63) is 11.3 Å². The summed E-state index contributed by atoms with van der Waals surface area (Å²) in [4.78, 5) is 0. The van der Waals surface area contributed by atoms with Gasteiger partial charge in [-0.3, -0.25) is 0 Å². The van der Waals surface area contributed by atoms with Gasteiger partial charge >= 0.3 is 0 Å². The summed E-state index contributed by atoms with van der Waals surface area (Å²) in [6.07, 6.45) is 8.18. The Bertz CT molecular complexity index is 405. The number of aromatic nitrogens is 2. The van der Waals surface area contributed by atoms with E-state index in [1.807, 2.05) is 0 Å². The zero-order chi connectivity index (χ0) is 11.8. The van der Waals surface area contributed by atoms with Gasteiger partial charge < -0.3 is 4.74 Å². The van der Waals surface area contributed by atoms with Crippen LogP contribution in [-0.2, 0) is 6.54 Å². The summed E-state index contributed by atoms with van der Waals surface area (Å²) in [5.74, 6) is 1.71. The molecule has 1 saturated carbocycles. The number of fused-ring (bicyclic) bond motifs is 1. The first-order chi connectivity index (χ1) is 8.25. The fourth-order valence-corrected chi connectivity index (χ4v) is 3.17. The van der Waals surface area contributed by atoms with E-state index in [1.165, 1.54) is 43.4 Å². The number of hydrogen-bond acceptors (Lipinski definition) is 2. The van der Waals surface area contributed by atoms with Gasteiger partial charge in [0.1, 0.15) is 0 Å². The van der Waals surface area contributed by atoms with E-state index >= 15 is 0 Å². The van der Waals surface area contributed by atoms with Crippen LogP contribution in [0, 0.1) is 6.92 Å². The number of ether oxygens (including phenoxy) is 1. The van der Waals surface area contributed by atoms with Crippen LogP contribution in [0.15, 0.2) is 0 Å². The lowest BCUT2D eigenvalue weighted by atomic mass is 9.86. The van der Waals surface area contributed by atoms with Gasteiger partial charge in [-0.15, -0.1) is 0 Å². The largest absolute Gasteiger partial charge is 0.475 e. The molecule has 0 aromatic carbocycles. The minimum Gasteiger partial charge on any atom is -0.475 e. The predicted molar refractivity (Wildman–Crippen MR) is 67.5 cm³/mol. The van der Waals surface area contributed by atoms with E-state index in [0.29, 0.717) is 12.0 Å². The first-order valence-corrected chi connectivity index (χ1v) is 6.99. The van der Waals surface area contributed by atoms with Crippen molar-refractivity contribution in [2.45, 2.75) is 70.9 Å². The highest BCUT2D eigenvalue weighted by Crippen LogP contribution is 2.37. The van der Waals surface area contributed by atoms with E-state index in [2.05, 4.69) is 18.5 Å². The summed E-state index contributed by atoms with van der Waals surface area (Å²) >= 11 is 0. The number of nitrogens with zero attached hydrogens (tertiary/aromatic N) is 2. The number of rotatable bonds is 1. The fourth-order valence-electron chi connectivity index (χ4n) is 3.17. The van der Waals surface area contributed by atoms with Crippen molar-refractivity contribution in [2.24, 2.45) is 0 Å². The molecule has 17 heavy (non-hydrogen) atoms. The monoisotopic (exact) mass is 234 g/mol. The van der Waals surface area contributed by atoms with Crippen molar-refractivity contribution < 1.29 is 4.74 Å². The van der Waals surface area contributed by atoms with Gasteiger partial charge in [0, 0.05) is 24.4 Å². The molecule has 1 fully saturated rings. The lowest BCUT2D eigenvalue weighted by Gasteiger charge is -2.21. The minimum atomic E-state index is 0.345. The molecule has 1 aromatic rings. The molecular formula is C14H22N2O. The third-order valence-electron chi connectivity index (χ3n) is 4.22. The van der Waals surface area contributed by atoms with Crippen LogP contribution in [-0.4, -0.2) is 15.9 Å². The molecule has 2 aliphatic rings. The molecule has 3 heteroatoms. The molecular weight excluding hydrogens is 212 g/mol. The van der Waals surface area contributed by atoms with Crippen molar-refractivity contribution in [2.75, 3.05) is 0 Å². The van der Waals surface area contributed by atoms with Crippen LogP contribution in [0.3, 0.4) is 0 Å². The number of aryl methyl sites for hydroxylation is 1. The molecule has 0 radical (unpaired) electrons. The molecule has 0 bridgehead atoms. The summed E-state index contributed by atoms with van der Waals surface area (Å²) in [5, 5.41) is 4.80. The van der Waals surface area contributed by atoms with Gasteiger partial charge in [0.25, 0.3) is 0 Å². The van der Waals surface area contributed by atoms with E-state index in [1.54, 1.807) is 0 Å². The SMILES string of the molecule is Cc1c(C2CCCCC2)nn2c1O[C@H](C)CC2. The molecule has 1 atom stereocenters. The van der Waals surface area contributed by atoms with Gasteiger partial charge in [0.05, 0.1) is 11.8 Å². The Labute approximate surface area is 103 Å². The third-order valence-corrected chi connectivity index (χ3v) is 4.22. The first-order valence-electron chi connectivity index (χ1n) is 6.99. The quantitative estimate of drug-likeness (QED) is 0.744. The van der Waals surface area contributed by atoms with Crippen LogP contribution in [0.5, 0.6) is 5.88 Å². The Morgan fingerprint density at radius 3 is 2.71 bits per heavy atom. The lowest BCUT2D eigenvalue weighted by molar-refractivity contribution is 0.148. The normalized spacial score (nSPS) is 25.4. The molecule has 0 spiro atoms. The van der Waals surface area contributed by atoms with Gasteiger partial charge in [-0.2, -0.15) is 5.10 Å². The molecule has 1 aliphatic heterocycles. The van der Waals surface area contributed by atoms with Gasteiger partial charge in [0.2, 0.25) is 5.88 Å². The van der Waals surface area contributed by atoms with Crippen LogP contribution >= 0.6 is 0 Å².